The van der Waals surface area contributed by atoms with Gasteiger partial charge in [-0.15, -0.1) is 0 Å². The summed E-state index contributed by atoms with van der Waals surface area (Å²) in [6.07, 6.45) is -2.66. The molecular formula is C20H20F3N3O5S. The molecule has 32 heavy (non-hydrogen) atoms. The summed E-state index contributed by atoms with van der Waals surface area (Å²) >= 11 is 0. The molecule has 2 amide bonds. The third-order valence-electron chi connectivity index (χ3n) is 4.84. The number of nitrogens with one attached hydrogen (secondary N) is 1. The van der Waals surface area contributed by atoms with E-state index in [0.717, 1.165) is 23.2 Å². The zero-order valence-corrected chi connectivity index (χ0v) is 17.5. The predicted molar refractivity (Wildman–Crippen MR) is 108 cm³/mol. The fourth-order valence-corrected chi connectivity index (χ4v) is 4.68. The van der Waals surface area contributed by atoms with Crippen molar-refractivity contribution in [3.63, 3.8) is 0 Å². The van der Waals surface area contributed by atoms with E-state index in [1.165, 1.54) is 30.5 Å². The van der Waals surface area contributed by atoms with Crippen LogP contribution in [0, 0.1) is 5.21 Å². The van der Waals surface area contributed by atoms with E-state index in [9.17, 15) is 36.4 Å². The van der Waals surface area contributed by atoms with Crippen LogP contribution in [0.25, 0.3) is 0 Å². The van der Waals surface area contributed by atoms with Crippen LogP contribution in [0.1, 0.15) is 24.0 Å². The molecule has 2 aromatic rings. The number of hydrogen-bond acceptors (Lipinski definition) is 5. The molecule has 12 heteroatoms. The van der Waals surface area contributed by atoms with Crippen molar-refractivity contribution in [3.05, 3.63) is 65.1 Å². The standard InChI is InChI=1S/C20H20F3N3O5S/c21-20(22,23)15-4-1-5-17(9-15)26-12-16(10-19(26)28)24-18(27)6-8-32(30,31)13-14-3-2-7-25(29)11-14/h1-5,7,9,11,16H,6,8,10,12-13H2,(H,24,27). The van der Waals surface area contributed by atoms with E-state index in [-0.39, 0.29) is 25.1 Å². The van der Waals surface area contributed by atoms with Crippen molar-refractivity contribution in [1.82, 2.24) is 5.32 Å². The highest BCUT2D eigenvalue weighted by Gasteiger charge is 2.34. The molecule has 0 aliphatic carbocycles. The molecule has 0 radical (unpaired) electrons. The number of pyridine rings is 1. The van der Waals surface area contributed by atoms with Crippen LogP contribution in [0.2, 0.25) is 0 Å². The van der Waals surface area contributed by atoms with E-state index in [0.29, 0.717) is 10.3 Å². The summed E-state index contributed by atoms with van der Waals surface area (Å²) in [5.41, 5.74) is -0.523. The minimum atomic E-state index is -4.55. The van der Waals surface area contributed by atoms with E-state index in [1.807, 2.05) is 0 Å². The second kappa shape index (κ2) is 9.15. The molecule has 1 aliphatic heterocycles. The van der Waals surface area contributed by atoms with Gasteiger partial charge < -0.3 is 15.4 Å². The number of amides is 2. The van der Waals surface area contributed by atoms with E-state index in [4.69, 9.17) is 0 Å². The highest BCUT2D eigenvalue weighted by molar-refractivity contribution is 7.90. The molecule has 0 saturated carbocycles. The molecule has 0 bridgehead atoms. The SMILES string of the molecule is O=C(CCS(=O)(=O)Cc1ccc[n+]([O-])c1)NC1CC(=O)N(c2cccc(C(F)(F)F)c2)C1. The fraction of sp³-hybridized carbons (Fsp3) is 0.350. The van der Waals surface area contributed by atoms with Gasteiger partial charge in [0.1, 0.15) is 0 Å². The molecule has 1 unspecified atom stereocenters. The smallest absolute Gasteiger partial charge is 0.416 e. The molecular weight excluding hydrogens is 451 g/mol. The largest absolute Gasteiger partial charge is 0.619 e. The number of anilines is 1. The fourth-order valence-electron chi connectivity index (χ4n) is 3.36. The van der Waals surface area contributed by atoms with Crippen LogP contribution in [-0.2, 0) is 31.4 Å². The van der Waals surface area contributed by atoms with Gasteiger partial charge >= 0.3 is 6.18 Å². The van der Waals surface area contributed by atoms with Gasteiger partial charge in [-0.2, -0.15) is 17.9 Å². The van der Waals surface area contributed by atoms with Gasteiger partial charge in [0.05, 0.1) is 23.1 Å². The van der Waals surface area contributed by atoms with Crippen molar-refractivity contribution in [3.8, 4) is 0 Å². The quantitative estimate of drug-likeness (QED) is 0.487. The Morgan fingerprint density at radius 2 is 2.00 bits per heavy atom. The summed E-state index contributed by atoms with van der Waals surface area (Å²) < 4.78 is 63.6. The van der Waals surface area contributed by atoms with Crippen molar-refractivity contribution in [1.29, 1.82) is 0 Å². The van der Waals surface area contributed by atoms with E-state index in [1.54, 1.807) is 0 Å². The van der Waals surface area contributed by atoms with Crippen molar-refractivity contribution in [2.45, 2.75) is 30.8 Å². The molecule has 1 saturated heterocycles. The van der Waals surface area contributed by atoms with Crippen molar-refractivity contribution < 1.29 is 35.9 Å². The van der Waals surface area contributed by atoms with Gasteiger partial charge in [0.15, 0.2) is 22.2 Å². The highest BCUT2D eigenvalue weighted by atomic mass is 32.2. The average molecular weight is 471 g/mol. The number of rotatable bonds is 7. The van der Waals surface area contributed by atoms with Crippen LogP contribution in [0.4, 0.5) is 18.9 Å². The Bertz CT molecular complexity index is 1120. The van der Waals surface area contributed by atoms with Gasteiger partial charge in [0, 0.05) is 36.7 Å². The average Bonchev–Trinajstić information content (AvgIpc) is 3.05. The van der Waals surface area contributed by atoms with Gasteiger partial charge in [-0.25, -0.2) is 8.42 Å². The summed E-state index contributed by atoms with van der Waals surface area (Å²) in [4.78, 5) is 25.6. The molecule has 172 valence electrons. The first-order chi connectivity index (χ1) is 14.9. The molecule has 1 aliphatic rings. The molecule has 1 aromatic heterocycles. The van der Waals surface area contributed by atoms with Crippen molar-refractivity contribution in [2.24, 2.45) is 0 Å². The maximum atomic E-state index is 12.9. The minimum Gasteiger partial charge on any atom is -0.619 e. The van der Waals surface area contributed by atoms with Crippen molar-refractivity contribution in [2.75, 3.05) is 17.2 Å². The lowest BCUT2D eigenvalue weighted by Crippen LogP contribution is -2.38. The molecule has 1 N–H and O–H groups in total. The number of hydrogen-bond donors (Lipinski definition) is 1. The Balaban J connectivity index is 1.54. The monoisotopic (exact) mass is 471 g/mol. The number of sulfone groups is 1. The van der Waals surface area contributed by atoms with Crippen LogP contribution in [0.15, 0.2) is 48.8 Å². The Hall–Kier alpha value is -3.15. The van der Waals surface area contributed by atoms with E-state index < -0.39 is 50.9 Å². The van der Waals surface area contributed by atoms with Crippen LogP contribution in [-0.4, -0.2) is 38.6 Å². The van der Waals surface area contributed by atoms with Gasteiger partial charge in [-0.3, -0.25) is 9.59 Å². The lowest BCUT2D eigenvalue weighted by Gasteiger charge is -2.18. The summed E-state index contributed by atoms with van der Waals surface area (Å²) in [6.45, 7) is -0.0217. The van der Waals surface area contributed by atoms with Crippen LogP contribution < -0.4 is 14.9 Å². The maximum absolute atomic E-state index is 12.9. The molecule has 2 heterocycles. The summed E-state index contributed by atoms with van der Waals surface area (Å²) in [7, 11) is -3.66. The number of halogens is 3. The van der Waals surface area contributed by atoms with Crippen molar-refractivity contribution >= 4 is 27.3 Å². The molecule has 1 aromatic carbocycles. The molecule has 8 nitrogen and oxygen atoms in total. The molecule has 3 rings (SSSR count). The third-order valence-corrected chi connectivity index (χ3v) is 6.44. The van der Waals surface area contributed by atoms with Gasteiger partial charge in [0.25, 0.3) is 0 Å². The van der Waals surface area contributed by atoms with E-state index >= 15 is 0 Å². The number of carbonyl (C=O) groups is 2. The van der Waals surface area contributed by atoms with Crippen LogP contribution in [0.5, 0.6) is 0 Å². The lowest BCUT2D eigenvalue weighted by molar-refractivity contribution is -0.605. The van der Waals surface area contributed by atoms with Gasteiger partial charge in [-0.05, 0) is 24.3 Å². The number of aromatic nitrogens is 1. The first-order valence-electron chi connectivity index (χ1n) is 9.58. The van der Waals surface area contributed by atoms with E-state index in [2.05, 4.69) is 5.32 Å². The molecule has 1 fully saturated rings. The summed E-state index contributed by atoms with van der Waals surface area (Å²) in [5.74, 6) is -1.89. The lowest BCUT2D eigenvalue weighted by atomic mass is 10.2. The summed E-state index contributed by atoms with van der Waals surface area (Å²) in [5, 5.41) is 13.8. The van der Waals surface area contributed by atoms with Crippen LogP contribution >= 0.6 is 0 Å². The first kappa shape index (κ1) is 23.5. The minimum absolute atomic E-state index is 0.0217. The topological polar surface area (TPSA) is 110 Å². The Morgan fingerprint density at radius 3 is 2.69 bits per heavy atom. The Morgan fingerprint density at radius 1 is 1.25 bits per heavy atom. The zero-order valence-electron chi connectivity index (χ0n) is 16.7. The second-order valence-corrected chi connectivity index (χ2v) is 9.62. The summed E-state index contributed by atoms with van der Waals surface area (Å²) in [6, 6.07) is 6.58. The second-order valence-electron chi connectivity index (χ2n) is 7.44. The Labute approximate surface area is 182 Å². The number of benzene rings is 1. The molecule has 1 atom stereocenters. The van der Waals surface area contributed by atoms with Gasteiger partial charge in [-0.1, -0.05) is 6.07 Å². The van der Waals surface area contributed by atoms with Gasteiger partial charge in [0.2, 0.25) is 11.8 Å². The third kappa shape index (κ3) is 6.19. The molecule has 0 spiro atoms. The Kier molecular flexibility index (Phi) is 6.72. The first-order valence-corrected chi connectivity index (χ1v) is 11.4. The predicted octanol–water partition coefficient (Wildman–Crippen LogP) is 1.57. The highest BCUT2D eigenvalue weighted by Crippen LogP contribution is 2.32. The number of alkyl halides is 3. The number of carbonyl (C=O) groups excluding carboxylic acids is 2. The zero-order chi connectivity index (χ0) is 23.5. The van der Waals surface area contributed by atoms with Crippen LogP contribution in [0.3, 0.4) is 0 Å². The maximum Gasteiger partial charge on any atom is 0.416 e. The normalized spacial score (nSPS) is 16.9. The number of nitrogens with zero attached hydrogens (tertiary/aromatic N) is 2.